The first-order chi connectivity index (χ1) is 7.44. The summed E-state index contributed by atoms with van der Waals surface area (Å²) >= 11 is 0. The van der Waals surface area contributed by atoms with Gasteiger partial charge in [-0.1, -0.05) is 12.1 Å². The summed E-state index contributed by atoms with van der Waals surface area (Å²) in [6.07, 6.45) is 0. The SMILES string of the molecule is N#Cc1ccccc1NS(=O)(=O)CC(=O)O. The molecule has 84 valence electrons. The summed E-state index contributed by atoms with van der Waals surface area (Å²) in [6.45, 7) is 0. The van der Waals surface area contributed by atoms with Crippen LogP contribution in [0.5, 0.6) is 0 Å². The highest BCUT2D eigenvalue weighted by atomic mass is 32.2. The molecule has 0 bridgehead atoms. The molecule has 1 aromatic rings. The number of rotatable bonds is 4. The quantitative estimate of drug-likeness (QED) is 0.791. The van der Waals surface area contributed by atoms with Gasteiger partial charge in [0.05, 0.1) is 11.3 Å². The first-order valence-corrected chi connectivity index (χ1v) is 5.81. The largest absolute Gasteiger partial charge is 0.480 e. The standard InChI is InChI=1S/C9H8N2O4S/c10-5-7-3-1-2-4-8(7)11-16(14,15)6-9(12)13/h1-4,11H,6H2,(H,12,13). The molecule has 0 aromatic heterocycles. The topological polar surface area (TPSA) is 107 Å². The maximum atomic E-state index is 11.3. The lowest BCUT2D eigenvalue weighted by atomic mass is 10.2. The zero-order valence-corrected chi connectivity index (χ0v) is 8.86. The van der Waals surface area contributed by atoms with Crippen molar-refractivity contribution in [1.29, 1.82) is 5.26 Å². The molecule has 0 spiro atoms. The molecule has 16 heavy (non-hydrogen) atoms. The van der Waals surface area contributed by atoms with Gasteiger partial charge in [-0.2, -0.15) is 5.26 Å². The van der Waals surface area contributed by atoms with E-state index in [0.717, 1.165) is 0 Å². The number of carboxylic acid groups (broad SMARTS) is 1. The molecule has 1 rings (SSSR count). The second-order valence-electron chi connectivity index (χ2n) is 2.91. The van der Waals surface area contributed by atoms with Gasteiger partial charge in [0.2, 0.25) is 10.0 Å². The van der Waals surface area contributed by atoms with Crippen molar-refractivity contribution in [3.63, 3.8) is 0 Å². The lowest BCUT2D eigenvalue weighted by molar-refractivity contribution is -0.134. The summed E-state index contributed by atoms with van der Waals surface area (Å²) in [7, 11) is -3.97. The van der Waals surface area contributed by atoms with Crippen LogP contribution in [0.4, 0.5) is 5.69 Å². The van der Waals surface area contributed by atoms with Crippen molar-refractivity contribution < 1.29 is 18.3 Å². The van der Waals surface area contributed by atoms with Crippen LogP contribution in [0.1, 0.15) is 5.56 Å². The zero-order chi connectivity index (χ0) is 12.2. The first kappa shape index (κ1) is 12.0. The Balaban J connectivity index is 2.98. The number of carbonyl (C=O) groups is 1. The predicted octanol–water partition coefficient (Wildman–Crippen LogP) is 0.385. The van der Waals surface area contributed by atoms with Crippen molar-refractivity contribution in [3.05, 3.63) is 29.8 Å². The maximum absolute atomic E-state index is 11.3. The highest BCUT2D eigenvalue weighted by Crippen LogP contribution is 2.15. The number of carboxylic acids is 1. The molecule has 0 saturated carbocycles. The zero-order valence-electron chi connectivity index (χ0n) is 8.04. The van der Waals surface area contributed by atoms with E-state index < -0.39 is 21.7 Å². The molecule has 0 heterocycles. The van der Waals surface area contributed by atoms with Crippen LogP contribution < -0.4 is 4.72 Å². The van der Waals surface area contributed by atoms with Gasteiger partial charge in [-0.15, -0.1) is 0 Å². The van der Waals surface area contributed by atoms with Crippen molar-refractivity contribution >= 4 is 21.7 Å². The molecule has 0 unspecified atom stereocenters. The Morgan fingerprint density at radius 2 is 2.06 bits per heavy atom. The fraction of sp³-hybridized carbons (Fsp3) is 0.111. The number of sulfonamides is 1. The van der Waals surface area contributed by atoms with Gasteiger partial charge in [0.1, 0.15) is 6.07 Å². The lowest BCUT2D eigenvalue weighted by Crippen LogP contribution is -2.22. The van der Waals surface area contributed by atoms with Crippen LogP contribution in [0.25, 0.3) is 0 Å². The number of benzene rings is 1. The third-order valence-electron chi connectivity index (χ3n) is 1.63. The summed E-state index contributed by atoms with van der Waals surface area (Å²) in [4.78, 5) is 10.3. The Morgan fingerprint density at radius 1 is 1.44 bits per heavy atom. The van der Waals surface area contributed by atoms with E-state index in [2.05, 4.69) is 0 Å². The first-order valence-electron chi connectivity index (χ1n) is 4.16. The molecule has 0 fully saturated rings. The monoisotopic (exact) mass is 240 g/mol. The molecule has 0 aliphatic heterocycles. The maximum Gasteiger partial charge on any atom is 0.320 e. The highest BCUT2D eigenvalue weighted by molar-refractivity contribution is 7.93. The van der Waals surface area contributed by atoms with Crippen LogP contribution >= 0.6 is 0 Å². The Kier molecular flexibility index (Phi) is 3.48. The second kappa shape index (κ2) is 4.63. The summed E-state index contributed by atoms with van der Waals surface area (Å²) < 4.78 is 24.6. The van der Waals surface area contributed by atoms with E-state index in [1.165, 1.54) is 12.1 Å². The van der Waals surface area contributed by atoms with Gasteiger partial charge in [0.25, 0.3) is 0 Å². The molecule has 0 aliphatic carbocycles. The Hall–Kier alpha value is -2.07. The third-order valence-corrected chi connectivity index (χ3v) is 2.78. The van der Waals surface area contributed by atoms with Crippen molar-refractivity contribution in [3.8, 4) is 6.07 Å². The fourth-order valence-corrected chi connectivity index (χ4v) is 1.95. The van der Waals surface area contributed by atoms with E-state index in [9.17, 15) is 13.2 Å². The Labute approximate surface area is 92.2 Å². The molecule has 1 aromatic carbocycles. The van der Waals surface area contributed by atoms with E-state index >= 15 is 0 Å². The molecule has 0 amide bonds. The summed E-state index contributed by atoms with van der Waals surface area (Å²) in [5.74, 6) is -2.49. The minimum Gasteiger partial charge on any atom is -0.480 e. The molecular weight excluding hydrogens is 232 g/mol. The van der Waals surface area contributed by atoms with Gasteiger partial charge in [0.15, 0.2) is 5.75 Å². The number of aliphatic carboxylic acids is 1. The van der Waals surface area contributed by atoms with Crippen LogP contribution in [0.15, 0.2) is 24.3 Å². The molecule has 0 radical (unpaired) electrons. The average molecular weight is 240 g/mol. The number of para-hydroxylation sites is 1. The van der Waals surface area contributed by atoms with E-state index in [1.54, 1.807) is 18.2 Å². The summed E-state index contributed by atoms with van der Waals surface area (Å²) in [5.41, 5.74) is 0.211. The van der Waals surface area contributed by atoms with Crippen molar-refractivity contribution in [1.82, 2.24) is 0 Å². The van der Waals surface area contributed by atoms with Gasteiger partial charge >= 0.3 is 5.97 Å². The van der Waals surface area contributed by atoms with E-state index in [-0.39, 0.29) is 11.3 Å². The van der Waals surface area contributed by atoms with Crippen molar-refractivity contribution in [2.24, 2.45) is 0 Å². The Morgan fingerprint density at radius 3 is 2.62 bits per heavy atom. The molecule has 0 atom stereocenters. The molecule has 7 heteroatoms. The van der Waals surface area contributed by atoms with Crippen LogP contribution in [-0.4, -0.2) is 25.2 Å². The van der Waals surface area contributed by atoms with Crippen LogP contribution in [0, 0.1) is 11.3 Å². The molecule has 2 N–H and O–H groups in total. The molecule has 6 nitrogen and oxygen atoms in total. The number of hydrogen-bond donors (Lipinski definition) is 2. The van der Waals surface area contributed by atoms with Gasteiger partial charge in [-0.25, -0.2) is 8.42 Å². The summed E-state index contributed by atoms with van der Waals surface area (Å²) in [5, 5.41) is 17.1. The lowest BCUT2D eigenvalue weighted by Gasteiger charge is -2.06. The van der Waals surface area contributed by atoms with E-state index in [4.69, 9.17) is 10.4 Å². The number of nitrogens with zero attached hydrogens (tertiary/aromatic N) is 1. The van der Waals surface area contributed by atoms with Crippen LogP contribution in [-0.2, 0) is 14.8 Å². The van der Waals surface area contributed by atoms with Gasteiger partial charge < -0.3 is 5.11 Å². The number of nitriles is 1. The normalized spacial score (nSPS) is 10.4. The smallest absolute Gasteiger partial charge is 0.320 e. The number of anilines is 1. The predicted molar refractivity (Wildman–Crippen MR) is 56.2 cm³/mol. The molecule has 0 saturated heterocycles. The molecule has 0 aliphatic rings. The van der Waals surface area contributed by atoms with Crippen LogP contribution in [0.2, 0.25) is 0 Å². The van der Waals surface area contributed by atoms with Crippen molar-refractivity contribution in [2.75, 3.05) is 10.5 Å². The minimum atomic E-state index is -3.97. The van der Waals surface area contributed by atoms with E-state index in [1.807, 2.05) is 4.72 Å². The van der Waals surface area contributed by atoms with Crippen molar-refractivity contribution in [2.45, 2.75) is 0 Å². The molecular formula is C9H8N2O4S. The Bertz CT molecular complexity index is 545. The average Bonchev–Trinajstić information content (AvgIpc) is 2.15. The fourth-order valence-electron chi connectivity index (χ4n) is 1.04. The minimum absolute atomic E-state index is 0.0752. The van der Waals surface area contributed by atoms with Gasteiger partial charge in [0, 0.05) is 0 Å². The number of hydrogen-bond acceptors (Lipinski definition) is 4. The van der Waals surface area contributed by atoms with Crippen LogP contribution in [0.3, 0.4) is 0 Å². The number of nitrogens with one attached hydrogen (secondary N) is 1. The second-order valence-corrected chi connectivity index (χ2v) is 4.63. The van der Waals surface area contributed by atoms with Gasteiger partial charge in [-0.3, -0.25) is 9.52 Å². The van der Waals surface area contributed by atoms with E-state index in [0.29, 0.717) is 0 Å². The van der Waals surface area contributed by atoms with Gasteiger partial charge in [-0.05, 0) is 12.1 Å². The highest BCUT2D eigenvalue weighted by Gasteiger charge is 2.16. The summed E-state index contributed by atoms with van der Waals surface area (Å²) in [6, 6.07) is 7.73. The third kappa shape index (κ3) is 3.25.